The van der Waals surface area contributed by atoms with Crippen molar-refractivity contribution in [3.05, 3.63) is 0 Å². The first-order valence-electron chi connectivity index (χ1n) is 5.71. The highest BCUT2D eigenvalue weighted by molar-refractivity contribution is 7.89. The molecule has 16 heavy (non-hydrogen) atoms. The molecule has 0 aromatic carbocycles. The van der Waals surface area contributed by atoms with Gasteiger partial charge in [-0.15, -0.1) is 0 Å². The van der Waals surface area contributed by atoms with Crippen LogP contribution in [-0.4, -0.2) is 58.9 Å². The van der Waals surface area contributed by atoms with Gasteiger partial charge in [0.15, 0.2) is 0 Å². The molecule has 1 aliphatic rings. The third-order valence-electron chi connectivity index (χ3n) is 2.87. The number of nitrogens with one attached hydrogen (secondary N) is 1. The average Bonchev–Trinajstić information content (AvgIpc) is 2.26. The summed E-state index contributed by atoms with van der Waals surface area (Å²) in [7, 11) is 0.0716. The van der Waals surface area contributed by atoms with Gasteiger partial charge in [-0.1, -0.05) is 0 Å². The van der Waals surface area contributed by atoms with Crippen molar-refractivity contribution >= 4 is 10.0 Å². The molecule has 1 saturated heterocycles. The van der Waals surface area contributed by atoms with Crippen molar-refractivity contribution in [1.82, 2.24) is 9.62 Å². The Balaban J connectivity index is 2.11. The molecule has 1 N–H and O–H groups in total. The van der Waals surface area contributed by atoms with E-state index in [1.165, 1.54) is 4.31 Å². The summed E-state index contributed by atoms with van der Waals surface area (Å²) in [6.45, 7) is 3.09. The molecule has 0 radical (unpaired) electrons. The second-order valence-electron chi connectivity index (χ2n) is 4.36. The minimum absolute atomic E-state index is 0.170. The third kappa shape index (κ3) is 4.78. The Bertz CT molecular complexity index is 284. The van der Waals surface area contributed by atoms with Gasteiger partial charge in [0.05, 0.1) is 5.75 Å². The summed E-state index contributed by atoms with van der Waals surface area (Å²) in [6.07, 6.45) is 2.15. The Morgan fingerprint density at radius 3 is 2.50 bits per heavy atom. The van der Waals surface area contributed by atoms with Crippen LogP contribution in [0, 0.1) is 5.92 Å². The van der Waals surface area contributed by atoms with Crippen LogP contribution in [0.25, 0.3) is 0 Å². The highest BCUT2D eigenvalue weighted by Crippen LogP contribution is 2.12. The second-order valence-corrected chi connectivity index (χ2v) is 6.66. The number of rotatable bonds is 6. The minimum atomic E-state index is -3.06. The van der Waals surface area contributed by atoms with Crippen molar-refractivity contribution < 1.29 is 13.2 Å². The Kier molecular flexibility index (Phi) is 5.68. The van der Waals surface area contributed by atoms with Crippen LogP contribution in [-0.2, 0) is 14.8 Å². The third-order valence-corrected chi connectivity index (χ3v) is 4.70. The summed E-state index contributed by atoms with van der Waals surface area (Å²) in [4.78, 5) is 0. The van der Waals surface area contributed by atoms with E-state index in [0.717, 1.165) is 32.6 Å². The summed E-state index contributed by atoms with van der Waals surface area (Å²) < 4.78 is 29.4. The summed E-state index contributed by atoms with van der Waals surface area (Å²) in [5.74, 6) is 0.805. The van der Waals surface area contributed by atoms with Gasteiger partial charge in [-0.05, 0) is 25.3 Å². The Labute approximate surface area is 98.2 Å². The Morgan fingerprint density at radius 2 is 1.94 bits per heavy atom. The van der Waals surface area contributed by atoms with E-state index in [9.17, 15) is 8.42 Å². The Hall–Kier alpha value is -0.170. The molecule has 0 aliphatic carbocycles. The van der Waals surface area contributed by atoms with E-state index >= 15 is 0 Å². The van der Waals surface area contributed by atoms with Gasteiger partial charge in [-0.2, -0.15) is 0 Å². The van der Waals surface area contributed by atoms with Gasteiger partial charge >= 0.3 is 0 Å². The van der Waals surface area contributed by atoms with E-state index < -0.39 is 10.0 Å². The maximum atomic E-state index is 11.4. The van der Waals surface area contributed by atoms with Crippen LogP contribution >= 0.6 is 0 Å². The fraction of sp³-hybridized carbons (Fsp3) is 1.00. The molecule has 0 bridgehead atoms. The first-order valence-corrected chi connectivity index (χ1v) is 7.32. The molecule has 1 heterocycles. The molecule has 5 nitrogen and oxygen atoms in total. The molecule has 1 fully saturated rings. The molecular weight excluding hydrogens is 228 g/mol. The van der Waals surface area contributed by atoms with Crippen molar-refractivity contribution in [2.24, 2.45) is 5.92 Å². The lowest BCUT2D eigenvalue weighted by Crippen LogP contribution is -2.34. The van der Waals surface area contributed by atoms with Crippen LogP contribution < -0.4 is 5.32 Å². The number of ether oxygens (including phenoxy) is 1. The SMILES string of the molecule is CN(C)S(=O)(=O)CCNCC1CCOCC1. The quantitative estimate of drug-likeness (QED) is 0.669. The molecule has 0 atom stereocenters. The molecule has 0 aromatic heterocycles. The largest absolute Gasteiger partial charge is 0.381 e. The van der Waals surface area contributed by atoms with Crippen molar-refractivity contribution in [1.29, 1.82) is 0 Å². The number of hydrogen-bond donors (Lipinski definition) is 1. The molecule has 0 aromatic rings. The zero-order valence-corrected chi connectivity index (χ0v) is 10.9. The van der Waals surface area contributed by atoms with Crippen LogP contribution in [0.1, 0.15) is 12.8 Å². The Morgan fingerprint density at radius 1 is 1.31 bits per heavy atom. The standard InChI is InChI=1S/C10H22N2O3S/c1-12(2)16(13,14)8-5-11-9-10-3-6-15-7-4-10/h10-11H,3-9H2,1-2H3. The van der Waals surface area contributed by atoms with Crippen LogP contribution in [0.15, 0.2) is 0 Å². The molecule has 0 saturated carbocycles. The van der Waals surface area contributed by atoms with Crippen molar-refractivity contribution in [3.8, 4) is 0 Å². The zero-order valence-electron chi connectivity index (χ0n) is 10.1. The zero-order chi connectivity index (χ0) is 12.0. The summed E-state index contributed by atoms with van der Waals surface area (Å²) in [5.41, 5.74) is 0. The summed E-state index contributed by atoms with van der Waals surface area (Å²) in [5, 5.41) is 3.20. The van der Waals surface area contributed by atoms with Gasteiger partial charge in [0, 0.05) is 33.9 Å². The van der Waals surface area contributed by atoms with Gasteiger partial charge < -0.3 is 10.1 Å². The number of nitrogens with zero attached hydrogens (tertiary/aromatic N) is 1. The maximum Gasteiger partial charge on any atom is 0.214 e. The fourth-order valence-corrected chi connectivity index (χ4v) is 2.41. The molecule has 6 heteroatoms. The molecule has 0 unspecified atom stereocenters. The smallest absolute Gasteiger partial charge is 0.214 e. The number of hydrogen-bond acceptors (Lipinski definition) is 4. The van der Waals surface area contributed by atoms with E-state index in [-0.39, 0.29) is 5.75 Å². The molecule has 0 amide bonds. The van der Waals surface area contributed by atoms with Gasteiger partial charge in [-0.25, -0.2) is 12.7 Å². The monoisotopic (exact) mass is 250 g/mol. The molecule has 1 rings (SSSR count). The normalized spacial score (nSPS) is 19.2. The van der Waals surface area contributed by atoms with Gasteiger partial charge in [0.1, 0.15) is 0 Å². The molecular formula is C10H22N2O3S. The van der Waals surface area contributed by atoms with Gasteiger partial charge in [-0.3, -0.25) is 0 Å². The van der Waals surface area contributed by atoms with Gasteiger partial charge in [0.25, 0.3) is 0 Å². The predicted octanol–water partition coefficient (Wildman–Crippen LogP) is -0.106. The van der Waals surface area contributed by atoms with Crippen molar-refractivity contribution in [2.75, 3.05) is 46.2 Å². The minimum Gasteiger partial charge on any atom is -0.381 e. The van der Waals surface area contributed by atoms with Crippen LogP contribution in [0.3, 0.4) is 0 Å². The lowest BCUT2D eigenvalue weighted by atomic mass is 10.0. The summed E-state index contributed by atoms with van der Waals surface area (Å²) >= 11 is 0. The topological polar surface area (TPSA) is 58.6 Å². The molecule has 0 spiro atoms. The van der Waals surface area contributed by atoms with Crippen molar-refractivity contribution in [2.45, 2.75) is 12.8 Å². The van der Waals surface area contributed by atoms with E-state index in [4.69, 9.17) is 4.74 Å². The van der Waals surface area contributed by atoms with Gasteiger partial charge in [0.2, 0.25) is 10.0 Å². The summed E-state index contributed by atoms with van der Waals surface area (Å²) in [6, 6.07) is 0. The van der Waals surface area contributed by atoms with E-state index in [1.54, 1.807) is 14.1 Å². The van der Waals surface area contributed by atoms with E-state index in [1.807, 2.05) is 0 Å². The molecule has 96 valence electrons. The second kappa shape index (κ2) is 6.54. The highest BCUT2D eigenvalue weighted by atomic mass is 32.2. The van der Waals surface area contributed by atoms with E-state index in [0.29, 0.717) is 12.5 Å². The van der Waals surface area contributed by atoms with Crippen LogP contribution in [0.2, 0.25) is 0 Å². The van der Waals surface area contributed by atoms with E-state index in [2.05, 4.69) is 5.32 Å². The number of sulfonamides is 1. The van der Waals surface area contributed by atoms with Crippen LogP contribution in [0.4, 0.5) is 0 Å². The maximum absolute atomic E-state index is 11.4. The molecule has 1 aliphatic heterocycles. The highest BCUT2D eigenvalue weighted by Gasteiger charge is 2.15. The fourth-order valence-electron chi connectivity index (χ4n) is 1.64. The lowest BCUT2D eigenvalue weighted by molar-refractivity contribution is 0.0665. The first-order chi connectivity index (χ1) is 7.52. The van der Waals surface area contributed by atoms with Crippen molar-refractivity contribution in [3.63, 3.8) is 0 Å². The van der Waals surface area contributed by atoms with Crippen LogP contribution in [0.5, 0.6) is 0 Å². The predicted molar refractivity (Wildman–Crippen MR) is 63.9 cm³/mol. The first kappa shape index (κ1) is 13.9. The average molecular weight is 250 g/mol. The lowest BCUT2D eigenvalue weighted by Gasteiger charge is -2.22.